The molecule has 4 rings (SSSR count). The van der Waals surface area contributed by atoms with Gasteiger partial charge in [0, 0.05) is 11.5 Å². The molecule has 2 atom stereocenters. The fourth-order valence-corrected chi connectivity index (χ4v) is 4.89. The minimum atomic E-state index is -1.03. The smallest absolute Gasteiger partial charge is 0.201 e. The van der Waals surface area contributed by atoms with Gasteiger partial charge in [-0.15, -0.1) is 0 Å². The van der Waals surface area contributed by atoms with E-state index in [0.29, 0.717) is 23.7 Å². The molecule has 0 saturated heterocycles. The van der Waals surface area contributed by atoms with E-state index in [1.165, 1.54) is 63.3 Å². The van der Waals surface area contributed by atoms with Gasteiger partial charge in [0.1, 0.15) is 6.61 Å². The van der Waals surface area contributed by atoms with Crippen molar-refractivity contribution in [3.05, 3.63) is 95.1 Å². The van der Waals surface area contributed by atoms with Gasteiger partial charge in [-0.25, -0.2) is 8.78 Å². The van der Waals surface area contributed by atoms with Crippen LogP contribution in [0.5, 0.6) is 11.5 Å². The molecule has 0 bridgehead atoms. The summed E-state index contributed by atoms with van der Waals surface area (Å²) >= 11 is 0. The van der Waals surface area contributed by atoms with Crippen LogP contribution in [-0.4, -0.2) is 6.61 Å². The third-order valence-electron chi connectivity index (χ3n) is 7.39. The van der Waals surface area contributed by atoms with E-state index >= 15 is 0 Å². The molecule has 0 aliphatic heterocycles. The van der Waals surface area contributed by atoms with Crippen LogP contribution in [0.1, 0.15) is 63.0 Å². The Hall–Kier alpha value is -3.28. The Labute approximate surface area is 228 Å². The minimum Gasteiger partial charge on any atom is -0.490 e. The SMILES string of the molecule is CCCCCCC1C=CC(COc2ccc(-c3ccc(COc4ccc(C)c(F)c4F)cc3)c(F)c2F)CC1. The molecule has 1 aliphatic rings. The van der Waals surface area contributed by atoms with Crippen LogP contribution in [0.4, 0.5) is 17.6 Å². The van der Waals surface area contributed by atoms with Gasteiger partial charge in [-0.3, -0.25) is 0 Å². The first-order valence-corrected chi connectivity index (χ1v) is 13.8. The molecule has 0 saturated carbocycles. The molecular formula is C33H36F4O2. The maximum absolute atomic E-state index is 15.0. The second kappa shape index (κ2) is 13.7. The third-order valence-corrected chi connectivity index (χ3v) is 7.39. The maximum Gasteiger partial charge on any atom is 0.201 e. The Kier molecular flexibility index (Phi) is 10.1. The standard InChI is InChI=1S/C33H36F4O2/c1-3-4-5-6-7-23-9-11-24(12-10-23)20-39-29-19-17-27(31(35)33(29)37)26-15-13-25(14-16-26)21-38-28-18-8-22(2)30(34)32(28)36/h8-9,11,13-19,23-24H,3-7,10,12,20-21H2,1-2H3. The molecule has 2 unspecified atom stereocenters. The molecule has 0 radical (unpaired) electrons. The second-order valence-electron chi connectivity index (χ2n) is 10.4. The number of hydrogen-bond acceptors (Lipinski definition) is 2. The van der Waals surface area contributed by atoms with Crippen LogP contribution in [0.15, 0.2) is 60.7 Å². The van der Waals surface area contributed by atoms with E-state index < -0.39 is 23.3 Å². The van der Waals surface area contributed by atoms with Gasteiger partial charge >= 0.3 is 0 Å². The number of ether oxygens (including phenoxy) is 2. The molecule has 0 N–H and O–H groups in total. The predicted octanol–water partition coefficient (Wildman–Crippen LogP) is 9.73. The van der Waals surface area contributed by atoms with Gasteiger partial charge < -0.3 is 9.47 Å². The van der Waals surface area contributed by atoms with Gasteiger partial charge in [-0.05, 0) is 67.0 Å². The largest absolute Gasteiger partial charge is 0.490 e. The number of hydrogen-bond donors (Lipinski definition) is 0. The Bertz CT molecular complexity index is 1270. The highest BCUT2D eigenvalue weighted by Gasteiger charge is 2.20. The molecule has 208 valence electrons. The van der Waals surface area contributed by atoms with Crippen LogP contribution in [0.2, 0.25) is 0 Å². The van der Waals surface area contributed by atoms with Crippen molar-refractivity contribution in [1.29, 1.82) is 0 Å². The molecule has 3 aromatic carbocycles. The van der Waals surface area contributed by atoms with Crippen molar-refractivity contribution in [1.82, 2.24) is 0 Å². The monoisotopic (exact) mass is 540 g/mol. The van der Waals surface area contributed by atoms with Crippen LogP contribution < -0.4 is 9.47 Å². The first-order chi connectivity index (χ1) is 18.9. The predicted molar refractivity (Wildman–Crippen MR) is 147 cm³/mol. The van der Waals surface area contributed by atoms with Crippen molar-refractivity contribution in [3.8, 4) is 22.6 Å². The van der Waals surface area contributed by atoms with Gasteiger partial charge in [0.25, 0.3) is 0 Å². The number of benzene rings is 3. The lowest BCUT2D eigenvalue weighted by atomic mass is 9.86. The molecule has 0 amide bonds. The van der Waals surface area contributed by atoms with E-state index in [-0.39, 0.29) is 35.2 Å². The first kappa shape index (κ1) is 28.7. The van der Waals surface area contributed by atoms with E-state index in [1.807, 2.05) is 0 Å². The average molecular weight is 541 g/mol. The zero-order chi connectivity index (χ0) is 27.8. The summed E-state index contributed by atoms with van der Waals surface area (Å²) in [6.07, 6.45) is 12.8. The first-order valence-electron chi connectivity index (χ1n) is 13.8. The van der Waals surface area contributed by atoms with E-state index in [2.05, 4.69) is 19.1 Å². The molecule has 2 nitrogen and oxygen atoms in total. The minimum absolute atomic E-state index is 0.00145. The van der Waals surface area contributed by atoms with Crippen molar-refractivity contribution in [2.45, 2.75) is 65.4 Å². The highest BCUT2D eigenvalue weighted by atomic mass is 19.2. The van der Waals surface area contributed by atoms with Gasteiger partial charge in [0.2, 0.25) is 11.6 Å². The van der Waals surface area contributed by atoms with Crippen molar-refractivity contribution >= 4 is 0 Å². The lowest BCUT2D eigenvalue weighted by Crippen LogP contribution is -2.16. The topological polar surface area (TPSA) is 18.5 Å². The average Bonchev–Trinajstić information content (AvgIpc) is 2.95. The molecule has 6 heteroatoms. The second-order valence-corrected chi connectivity index (χ2v) is 10.4. The molecular weight excluding hydrogens is 504 g/mol. The number of halogens is 4. The van der Waals surface area contributed by atoms with Crippen LogP contribution in [-0.2, 0) is 6.61 Å². The van der Waals surface area contributed by atoms with E-state index in [0.717, 1.165) is 12.8 Å². The van der Waals surface area contributed by atoms with Crippen LogP contribution in [0.3, 0.4) is 0 Å². The maximum atomic E-state index is 15.0. The number of unbranched alkanes of at least 4 members (excludes halogenated alkanes) is 3. The quantitative estimate of drug-likeness (QED) is 0.129. The van der Waals surface area contributed by atoms with Crippen molar-refractivity contribution in [3.63, 3.8) is 0 Å². The van der Waals surface area contributed by atoms with E-state index in [1.54, 1.807) is 24.3 Å². The zero-order valence-corrected chi connectivity index (χ0v) is 22.6. The van der Waals surface area contributed by atoms with E-state index in [4.69, 9.17) is 9.47 Å². The fraction of sp³-hybridized carbons (Fsp3) is 0.394. The van der Waals surface area contributed by atoms with Gasteiger partial charge in [0.15, 0.2) is 23.1 Å². The van der Waals surface area contributed by atoms with Gasteiger partial charge in [0.05, 0.1) is 6.61 Å². The summed E-state index contributed by atoms with van der Waals surface area (Å²) in [6.45, 7) is 4.00. The van der Waals surface area contributed by atoms with Crippen LogP contribution in [0, 0.1) is 42.0 Å². The Morgan fingerprint density at radius 1 is 0.692 bits per heavy atom. The van der Waals surface area contributed by atoms with Gasteiger partial charge in [-0.2, -0.15) is 8.78 Å². The molecule has 1 aliphatic carbocycles. The number of allylic oxidation sites excluding steroid dienone is 1. The summed E-state index contributed by atoms with van der Waals surface area (Å²) in [7, 11) is 0. The van der Waals surface area contributed by atoms with Crippen molar-refractivity contribution < 1.29 is 27.0 Å². The lowest BCUT2D eigenvalue weighted by molar-refractivity contribution is 0.241. The Morgan fingerprint density at radius 3 is 2.08 bits per heavy atom. The third kappa shape index (κ3) is 7.43. The summed E-state index contributed by atoms with van der Waals surface area (Å²) in [5, 5.41) is 0. The molecule has 0 spiro atoms. The van der Waals surface area contributed by atoms with Gasteiger partial charge in [-0.1, -0.05) is 75.1 Å². The molecule has 3 aromatic rings. The fourth-order valence-electron chi connectivity index (χ4n) is 4.89. The summed E-state index contributed by atoms with van der Waals surface area (Å²) in [5.41, 5.74) is 1.46. The molecule has 0 fully saturated rings. The lowest BCUT2D eigenvalue weighted by Gasteiger charge is -2.23. The summed E-state index contributed by atoms with van der Waals surface area (Å²) in [4.78, 5) is 0. The normalized spacial score (nSPS) is 16.9. The molecule has 0 aromatic heterocycles. The van der Waals surface area contributed by atoms with Crippen molar-refractivity contribution in [2.24, 2.45) is 11.8 Å². The summed E-state index contributed by atoms with van der Waals surface area (Å²) < 4.78 is 68.6. The number of rotatable bonds is 12. The Balaban J connectivity index is 1.32. The number of aryl methyl sites for hydroxylation is 1. The van der Waals surface area contributed by atoms with Crippen LogP contribution >= 0.6 is 0 Å². The highest BCUT2D eigenvalue weighted by Crippen LogP contribution is 2.32. The zero-order valence-electron chi connectivity index (χ0n) is 22.6. The van der Waals surface area contributed by atoms with E-state index in [9.17, 15) is 17.6 Å². The highest BCUT2D eigenvalue weighted by molar-refractivity contribution is 5.65. The summed E-state index contributed by atoms with van der Waals surface area (Å²) in [6, 6.07) is 12.4. The van der Waals surface area contributed by atoms with Crippen molar-refractivity contribution in [2.75, 3.05) is 6.61 Å². The van der Waals surface area contributed by atoms with Crippen LogP contribution in [0.25, 0.3) is 11.1 Å². The summed E-state index contributed by atoms with van der Waals surface area (Å²) in [5.74, 6) is -3.43. The molecule has 39 heavy (non-hydrogen) atoms. The molecule has 0 heterocycles. The Morgan fingerprint density at radius 2 is 1.36 bits per heavy atom.